The molecule has 0 saturated carbocycles. The van der Waals surface area contributed by atoms with Crippen molar-refractivity contribution in [2.75, 3.05) is 18.0 Å². The molecule has 1 fully saturated rings. The molecule has 4 rings (SSSR count). The van der Waals surface area contributed by atoms with Crippen LogP contribution in [0.5, 0.6) is 0 Å². The molecule has 8 nitrogen and oxygen atoms in total. The number of rotatable bonds is 6. The van der Waals surface area contributed by atoms with Gasteiger partial charge in [-0.25, -0.2) is 14.2 Å². The summed E-state index contributed by atoms with van der Waals surface area (Å²) in [5.41, 5.74) is 2.89. The summed E-state index contributed by atoms with van der Waals surface area (Å²) >= 11 is 1.19. The van der Waals surface area contributed by atoms with Gasteiger partial charge in [-0.2, -0.15) is 0 Å². The number of amides is 3. The van der Waals surface area contributed by atoms with E-state index in [0.29, 0.717) is 41.0 Å². The number of carbonyl (C=O) groups excluding carboxylic acids is 2. The summed E-state index contributed by atoms with van der Waals surface area (Å²) in [7, 11) is 0. The van der Waals surface area contributed by atoms with Crippen molar-refractivity contribution in [1.82, 2.24) is 25.2 Å². The fourth-order valence-electron chi connectivity index (χ4n) is 3.19. The molecular weight excluding hydrogens is 419 g/mol. The number of aryl methyl sites for hydroxylation is 2. The molecule has 1 aliphatic rings. The molecule has 1 aliphatic heterocycles. The Morgan fingerprint density at radius 3 is 2.65 bits per heavy atom. The zero-order valence-corrected chi connectivity index (χ0v) is 17.9. The Bertz CT molecular complexity index is 1100. The Morgan fingerprint density at radius 2 is 1.94 bits per heavy atom. The Morgan fingerprint density at radius 1 is 1.16 bits per heavy atom. The highest BCUT2D eigenvalue weighted by atomic mass is 32.1. The maximum atomic E-state index is 13.1. The van der Waals surface area contributed by atoms with Gasteiger partial charge in [0.2, 0.25) is 0 Å². The minimum atomic E-state index is -0.309. The number of hydrogen-bond acceptors (Lipinski definition) is 6. The molecule has 160 valence electrons. The molecule has 3 amide bonds. The van der Waals surface area contributed by atoms with E-state index in [-0.39, 0.29) is 24.3 Å². The summed E-state index contributed by atoms with van der Waals surface area (Å²) in [5, 5.41) is 3.31. The number of thiazole rings is 1. The van der Waals surface area contributed by atoms with Gasteiger partial charge >= 0.3 is 6.03 Å². The first kappa shape index (κ1) is 20.9. The normalized spacial score (nSPS) is 13.7. The number of anilines is 1. The van der Waals surface area contributed by atoms with Crippen molar-refractivity contribution in [3.05, 3.63) is 70.0 Å². The van der Waals surface area contributed by atoms with E-state index in [1.165, 1.54) is 23.5 Å². The average Bonchev–Trinajstić information content (AvgIpc) is 3.31. The average molecular weight is 441 g/mol. The van der Waals surface area contributed by atoms with Crippen LogP contribution < -0.4 is 10.2 Å². The van der Waals surface area contributed by atoms with Crippen LogP contribution in [-0.2, 0) is 13.1 Å². The summed E-state index contributed by atoms with van der Waals surface area (Å²) < 4.78 is 13.1. The van der Waals surface area contributed by atoms with Crippen molar-refractivity contribution in [1.29, 1.82) is 0 Å². The molecule has 0 unspecified atom stereocenters. The Labute approximate surface area is 182 Å². The van der Waals surface area contributed by atoms with E-state index in [1.807, 2.05) is 6.92 Å². The Balaban J connectivity index is 1.40. The molecule has 1 aromatic carbocycles. The fraction of sp³-hybridized carbons (Fsp3) is 0.286. The summed E-state index contributed by atoms with van der Waals surface area (Å²) in [4.78, 5) is 42.0. The second-order valence-corrected chi connectivity index (χ2v) is 8.20. The zero-order chi connectivity index (χ0) is 22.0. The molecule has 3 aromatic rings. The highest BCUT2D eigenvalue weighted by Crippen LogP contribution is 2.29. The molecule has 0 spiro atoms. The van der Waals surface area contributed by atoms with Crippen LogP contribution >= 0.6 is 11.3 Å². The van der Waals surface area contributed by atoms with Gasteiger partial charge in [0.25, 0.3) is 5.91 Å². The van der Waals surface area contributed by atoms with E-state index >= 15 is 0 Å². The number of carbonyl (C=O) groups is 2. The lowest BCUT2D eigenvalue weighted by atomic mass is 10.2. The highest BCUT2D eigenvalue weighted by molar-refractivity contribution is 7.17. The van der Waals surface area contributed by atoms with Crippen LogP contribution in [0.4, 0.5) is 14.3 Å². The van der Waals surface area contributed by atoms with E-state index in [1.54, 1.807) is 41.2 Å². The van der Waals surface area contributed by atoms with Crippen LogP contribution in [0.2, 0.25) is 0 Å². The zero-order valence-electron chi connectivity index (χ0n) is 17.1. The van der Waals surface area contributed by atoms with Crippen LogP contribution in [-0.4, -0.2) is 44.9 Å². The standard InChI is InChI=1S/C21H21FN6O2S/c1-13-9-24-17(10-23-13)11-25-19(29)18-14(2)26-20(31-18)28-8-7-27(21(28)30)12-15-3-5-16(22)6-4-15/h3-6,9-10H,7-8,11-12H2,1-2H3,(H,25,29). The first-order valence-corrected chi connectivity index (χ1v) is 10.6. The van der Waals surface area contributed by atoms with Gasteiger partial charge in [-0.15, -0.1) is 0 Å². The molecule has 1 saturated heterocycles. The van der Waals surface area contributed by atoms with Crippen LogP contribution in [0.15, 0.2) is 36.7 Å². The van der Waals surface area contributed by atoms with Gasteiger partial charge in [0.1, 0.15) is 10.7 Å². The predicted octanol–water partition coefficient (Wildman–Crippen LogP) is 3.06. The van der Waals surface area contributed by atoms with Crippen molar-refractivity contribution in [2.24, 2.45) is 0 Å². The molecule has 0 bridgehead atoms. The maximum Gasteiger partial charge on any atom is 0.326 e. The lowest BCUT2D eigenvalue weighted by Crippen LogP contribution is -2.31. The quantitative estimate of drug-likeness (QED) is 0.636. The van der Waals surface area contributed by atoms with E-state index in [2.05, 4.69) is 20.3 Å². The summed E-state index contributed by atoms with van der Waals surface area (Å²) in [5.74, 6) is -0.574. The van der Waals surface area contributed by atoms with Crippen molar-refractivity contribution < 1.29 is 14.0 Å². The molecule has 0 atom stereocenters. The second-order valence-electron chi connectivity index (χ2n) is 7.23. The largest absolute Gasteiger partial charge is 0.346 e. The number of aromatic nitrogens is 3. The van der Waals surface area contributed by atoms with Crippen LogP contribution in [0.3, 0.4) is 0 Å². The number of urea groups is 1. The Hall–Kier alpha value is -3.40. The Kier molecular flexibility index (Phi) is 5.90. The van der Waals surface area contributed by atoms with Crippen LogP contribution in [0, 0.1) is 19.7 Å². The second kappa shape index (κ2) is 8.76. The topological polar surface area (TPSA) is 91.3 Å². The summed E-state index contributed by atoms with van der Waals surface area (Å²) in [6, 6.07) is 5.91. The number of halogens is 1. The predicted molar refractivity (Wildman–Crippen MR) is 114 cm³/mol. The minimum Gasteiger partial charge on any atom is -0.346 e. The molecule has 0 radical (unpaired) electrons. The van der Waals surface area contributed by atoms with E-state index in [4.69, 9.17) is 0 Å². The molecule has 10 heteroatoms. The van der Waals surface area contributed by atoms with E-state index < -0.39 is 0 Å². The lowest BCUT2D eigenvalue weighted by molar-refractivity contribution is 0.0953. The summed E-state index contributed by atoms with van der Waals surface area (Å²) in [6.45, 7) is 5.25. The van der Waals surface area contributed by atoms with Gasteiger partial charge in [-0.1, -0.05) is 23.5 Å². The molecule has 2 aromatic heterocycles. The van der Waals surface area contributed by atoms with Crippen molar-refractivity contribution in [3.8, 4) is 0 Å². The van der Waals surface area contributed by atoms with Gasteiger partial charge in [-0.05, 0) is 31.5 Å². The molecular formula is C21H21FN6O2S. The summed E-state index contributed by atoms with van der Waals surface area (Å²) in [6.07, 6.45) is 3.27. The van der Waals surface area contributed by atoms with E-state index in [0.717, 1.165) is 11.3 Å². The highest BCUT2D eigenvalue weighted by Gasteiger charge is 2.32. The molecule has 31 heavy (non-hydrogen) atoms. The number of benzene rings is 1. The SMILES string of the molecule is Cc1cnc(CNC(=O)c2sc(N3CCN(Cc4ccc(F)cc4)C3=O)nc2C)cn1. The van der Waals surface area contributed by atoms with Crippen molar-refractivity contribution in [3.63, 3.8) is 0 Å². The first-order chi connectivity index (χ1) is 14.9. The van der Waals surface area contributed by atoms with Crippen LogP contribution in [0.25, 0.3) is 0 Å². The van der Waals surface area contributed by atoms with Gasteiger partial charge < -0.3 is 10.2 Å². The molecule has 1 N–H and O–H groups in total. The lowest BCUT2D eigenvalue weighted by Gasteiger charge is -2.16. The van der Waals surface area contributed by atoms with E-state index in [9.17, 15) is 14.0 Å². The van der Waals surface area contributed by atoms with Gasteiger partial charge in [-0.3, -0.25) is 19.7 Å². The number of nitrogens with one attached hydrogen (secondary N) is 1. The third-order valence-electron chi connectivity index (χ3n) is 4.87. The monoisotopic (exact) mass is 440 g/mol. The third kappa shape index (κ3) is 4.69. The van der Waals surface area contributed by atoms with Gasteiger partial charge in [0.15, 0.2) is 5.13 Å². The first-order valence-electron chi connectivity index (χ1n) is 9.75. The minimum absolute atomic E-state index is 0.181. The molecule has 3 heterocycles. The maximum absolute atomic E-state index is 13.1. The smallest absolute Gasteiger partial charge is 0.326 e. The van der Waals surface area contributed by atoms with Crippen molar-refractivity contribution >= 4 is 28.4 Å². The van der Waals surface area contributed by atoms with Gasteiger partial charge in [0.05, 0.1) is 29.8 Å². The molecule has 0 aliphatic carbocycles. The number of nitrogens with zero attached hydrogens (tertiary/aromatic N) is 5. The van der Waals surface area contributed by atoms with Crippen LogP contribution in [0.1, 0.15) is 32.3 Å². The van der Waals surface area contributed by atoms with Gasteiger partial charge in [0, 0.05) is 25.8 Å². The third-order valence-corrected chi connectivity index (χ3v) is 6.05. The van der Waals surface area contributed by atoms with Crippen molar-refractivity contribution in [2.45, 2.75) is 26.9 Å². The fourth-order valence-corrected chi connectivity index (χ4v) is 4.19. The number of hydrogen-bond donors (Lipinski definition) is 1.